The maximum absolute atomic E-state index is 12.7. The van der Waals surface area contributed by atoms with E-state index in [1.54, 1.807) is 11.8 Å². The lowest BCUT2D eigenvalue weighted by molar-refractivity contribution is -0.133. The first kappa shape index (κ1) is 17.0. The minimum absolute atomic E-state index is 0.0817. The van der Waals surface area contributed by atoms with E-state index in [1.165, 1.54) is 5.56 Å². The standard InChI is InChI=1S/C20H24N4O2/c1-14-21-18-12-24(11-17(18)20(26)22-14)19(25)13-23-9-7-16(8-10-23)15-5-3-2-4-6-15/h2-6,16H,7-13H2,1H3,(H,21,22,26). The van der Waals surface area contributed by atoms with Gasteiger partial charge in [0.25, 0.3) is 5.56 Å². The molecule has 1 aromatic carbocycles. The topological polar surface area (TPSA) is 69.3 Å². The average molecular weight is 352 g/mol. The highest BCUT2D eigenvalue weighted by Crippen LogP contribution is 2.28. The van der Waals surface area contributed by atoms with Crippen LogP contribution in [0.4, 0.5) is 0 Å². The first-order valence-electron chi connectivity index (χ1n) is 9.24. The second-order valence-electron chi connectivity index (χ2n) is 7.29. The average Bonchev–Trinajstić information content (AvgIpc) is 3.08. The summed E-state index contributed by atoms with van der Waals surface area (Å²) in [6, 6.07) is 10.6. The highest BCUT2D eigenvalue weighted by Gasteiger charge is 2.29. The second-order valence-corrected chi connectivity index (χ2v) is 7.29. The molecule has 26 heavy (non-hydrogen) atoms. The number of amides is 1. The van der Waals surface area contributed by atoms with Crippen LogP contribution in [0.5, 0.6) is 0 Å². The molecule has 0 saturated carbocycles. The van der Waals surface area contributed by atoms with Gasteiger partial charge in [0.2, 0.25) is 5.91 Å². The van der Waals surface area contributed by atoms with Gasteiger partial charge in [-0.3, -0.25) is 14.5 Å². The molecule has 4 rings (SSSR count). The Hall–Kier alpha value is -2.47. The molecule has 6 nitrogen and oxygen atoms in total. The number of likely N-dealkylation sites (tertiary alicyclic amines) is 1. The lowest BCUT2D eigenvalue weighted by Gasteiger charge is -2.32. The number of hydrogen-bond donors (Lipinski definition) is 1. The van der Waals surface area contributed by atoms with Gasteiger partial charge in [-0.15, -0.1) is 0 Å². The highest BCUT2D eigenvalue weighted by atomic mass is 16.2. The van der Waals surface area contributed by atoms with E-state index >= 15 is 0 Å². The second kappa shape index (κ2) is 7.03. The third-order valence-electron chi connectivity index (χ3n) is 5.48. The monoisotopic (exact) mass is 352 g/mol. The first-order chi connectivity index (χ1) is 12.6. The van der Waals surface area contributed by atoms with Crippen LogP contribution in [-0.4, -0.2) is 45.3 Å². The summed E-state index contributed by atoms with van der Waals surface area (Å²) < 4.78 is 0. The summed E-state index contributed by atoms with van der Waals surface area (Å²) in [5.74, 6) is 1.27. The number of fused-ring (bicyclic) bond motifs is 1. The van der Waals surface area contributed by atoms with Crippen LogP contribution in [0.15, 0.2) is 35.1 Å². The van der Waals surface area contributed by atoms with Gasteiger partial charge in [-0.2, -0.15) is 0 Å². The van der Waals surface area contributed by atoms with Crippen LogP contribution in [0, 0.1) is 6.92 Å². The fraction of sp³-hybridized carbons (Fsp3) is 0.450. The van der Waals surface area contributed by atoms with Crippen molar-refractivity contribution < 1.29 is 4.79 Å². The van der Waals surface area contributed by atoms with E-state index in [1.807, 2.05) is 6.07 Å². The Morgan fingerprint density at radius 1 is 1.19 bits per heavy atom. The number of carbonyl (C=O) groups is 1. The molecule has 0 bridgehead atoms. The van der Waals surface area contributed by atoms with Gasteiger partial charge < -0.3 is 9.88 Å². The quantitative estimate of drug-likeness (QED) is 0.915. The maximum Gasteiger partial charge on any atom is 0.256 e. The molecule has 1 saturated heterocycles. The molecule has 1 N–H and O–H groups in total. The van der Waals surface area contributed by atoms with Crippen molar-refractivity contribution in [1.82, 2.24) is 19.8 Å². The lowest BCUT2D eigenvalue weighted by atomic mass is 9.89. The van der Waals surface area contributed by atoms with Crippen molar-refractivity contribution in [2.45, 2.75) is 38.8 Å². The lowest BCUT2D eigenvalue weighted by Crippen LogP contribution is -2.41. The van der Waals surface area contributed by atoms with Crippen molar-refractivity contribution in [1.29, 1.82) is 0 Å². The summed E-state index contributed by atoms with van der Waals surface area (Å²) in [6.07, 6.45) is 2.16. The molecule has 2 aliphatic rings. The number of carbonyl (C=O) groups excluding carboxylic acids is 1. The van der Waals surface area contributed by atoms with E-state index in [0.717, 1.165) is 31.6 Å². The zero-order chi connectivity index (χ0) is 18.1. The van der Waals surface area contributed by atoms with E-state index < -0.39 is 0 Å². The summed E-state index contributed by atoms with van der Waals surface area (Å²) in [5.41, 5.74) is 2.65. The fourth-order valence-corrected chi connectivity index (χ4v) is 4.01. The molecule has 2 aliphatic heterocycles. The zero-order valence-electron chi connectivity index (χ0n) is 15.1. The van der Waals surface area contributed by atoms with Gasteiger partial charge in [-0.25, -0.2) is 4.98 Å². The van der Waals surface area contributed by atoms with Gasteiger partial charge in [-0.05, 0) is 44.3 Å². The Bertz CT molecular complexity index is 854. The Morgan fingerprint density at radius 3 is 2.65 bits per heavy atom. The molecule has 0 unspecified atom stereocenters. The number of rotatable bonds is 3. The smallest absolute Gasteiger partial charge is 0.256 e. The highest BCUT2D eigenvalue weighted by molar-refractivity contribution is 5.78. The van der Waals surface area contributed by atoms with Gasteiger partial charge in [-0.1, -0.05) is 30.3 Å². The van der Waals surface area contributed by atoms with Crippen LogP contribution < -0.4 is 5.56 Å². The number of piperidine rings is 1. The van der Waals surface area contributed by atoms with E-state index in [2.05, 4.69) is 39.1 Å². The van der Waals surface area contributed by atoms with Crippen molar-refractivity contribution in [2.24, 2.45) is 0 Å². The molecule has 0 atom stereocenters. The summed E-state index contributed by atoms with van der Waals surface area (Å²) in [6.45, 7) is 4.88. The number of hydrogen-bond acceptors (Lipinski definition) is 4. The number of aryl methyl sites for hydroxylation is 1. The fourth-order valence-electron chi connectivity index (χ4n) is 4.01. The minimum atomic E-state index is -0.119. The van der Waals surface area contributed by atoms with Gasteiger partial charge in [0, 0.05) is 0 Å². The molecule has 1 amide bonds. The van der Waals surface area contributed by atoms with E-state index in [4.69, 9.17) is 0 Å². The third-order valence-corrected chi connectivity index (χ3v) is 5.48. The van der Waals surface area contributed by atoms with Crippen LogP contribution in [0.25, 0.3) is 0 Å². The normalized spacial score (nSPS) is 18.1. The van der Waals surface area contributed by atoms with Crippen molar-refractivity contribution in [3.63, 3.8) is 0 Å². The molecular formula is C20H24N4O2. The van der Waals surface area contributed by atoms with E-state index in [0.29, 0.717) is 36.9 Å². The van der Waals surface area contributed by atoms with Gasteiger partial charge in [0.1, 0.15) is 5.82 Å². The molecule has 1 aromatic heterocycles. The van der Waals surface area contributed by atoms with Crippen LogP contribution in [0.3, 0.4) is 0 Å². The Morgan fingerprint density at radius 2 is 1.92 bits per heavy atom. The molecule has 0 spiro atoms. The predicted octanol–water partition coefficient (Wildman–Crippen LogP) is 1.80. The van der Waals surface area contributed by atoms with Crippen LogP contribution >= 0.6 is 0 Å². The molecular weight excluding hydrogens is 328 g/mol. The van der Waals surface area contributed by atoms with Gasteiger partial charge >= 0.3 is 0 Å². The molecule has 6 heteroatoms. The zero-order valence-corrected chi connectivity index (χ0v) is 15.1. The number of nitrogens with zero attached hydrogens (tertiary/aromatic N) is 3. The SMILES string of the molecule is Cc1nc2c(c(=O)[nH]1)CN(C(=O)CN1CCC(c3ccccc3)CC1)C2. The van der Waals surface area contributed by atoms with Gasteiger partial charge in [0.15, 0.2) is 0 Å². The summed E-state index contributed by atoms with van der Waals surface area (Å²) in [5, 5.41) is 0. The molecule has 1 fully saturated rings. The predicted molar refractivity (Wildman–Crippen MR) is 98.7 cm³/mol. The number of aromatic amines is 1. The molecule has 0 aliphatic carbocycles. The number of benzene rings is 1. The molecule has 2 aromatic rings. The third kappa shape index (κ3) is 3.42. The Balaban J connectivity index is 1.33. The Kier molecular flexibility index (Phi) is 4.59. The first-order valence-corrected chi connectivity index (χ1v) is 9.24. The largest absolute Gasteiger partial charge is 0.331 e. The minimum Gasteiger partial charge on any atom is -0.331 e. The molecule has 0 radical (unpaired) electrons. The maximum atomic E-state index is 12.7. The number of aromatic nitrogens is 2. The Labute approximate surface area is 152 Å². The summed E-state index contributed by atoms with van der Waals surface area (Å²) >= 11 is 0. The summed E-state index contributed by atoms with van der Waals surface area (Å²) in [7, 11) is 0. The van der Waals surface area contributed by atoms with Crippen molar-refractivity contribution in [3.8, 4) is 0 Å². The summed E-state index contributed by atoms with van der Waals surface area (Å²) in [4.78, 5) is 35.8. The van der Waals surface area contributed by atoms with E-state index in [-0.39, 0.29) is 11.5 Å². The van der Waals surface area contributed by atoms with Crippen molar-refractivity contribution in [3.05, 3.63) is 63.3 Å². The van der Waals surface area contributed by atoms with Gasteiger partial charge in [0.05, 0.1) is 30.9 Å². The molecule has 3 heterocycles. The number of nitrogens with one attached hydrogen (secondary N) is 1. The van der Waals surface area contributed by atoms with Crippen LogP contribution in [0.2, 0.25) is 0 Å². The van der Waals surface area contributed by atoms with Crippen molar-refractivity contribution in [2.75, 3.05) is 19.6 Å². The van der Waals surface area contributed by atoms with Crippen LogP contribution in [-0.2, 0) is 17.9 Å². The van der Waals surface area contributed by atoms with E-state index in [9.17, 15) is 9.59 Å². The van der Waals surface area contributed by atoms with Crippen molar-refractivity contribution >= 4 is 5.91 Å². The van der Waals surface area contributed by atoms with Crippen LogP contribution in [0.1, 0.15) is 41.4 Å². The number of H-pyrrole nitrogens is 1. The molecule has 136 valence electrons.